The van der Waals surface area contributed by atoms with Crippen LogP contribution in [0.5, 0.6) is 0 Å². The van der Waals surface area contributed by atoms with Crippen molar-refractivity contribution in [3.8, 4) is 0 Å². The molecule has 2 rings (SSSR count). The summed E-state index contributed by atoms with van der Waals surface area (Å²) in [6, 6.07) is 3.22. The fourth-order valence-electron chi connectivity index (χ4n) is 2.10. The SMILES string of the molecule is COCCC1(CNc2ncccc2S(C)(=O)=O)CC1. The number of methoxy groups -OCH3 is 1. The van der Waals surface area contributed by atoms with Crippen LogP contribution in [0.15, 0.2) is 23.2 Å². The number of hydrogen-bond donors (Lipinski definition) is 1. The number of ether oxygens (including phenoxy) is 1. The summed E-state index contributed by atoms with van der Waals surface area (Å²) < 4.78 is 28.4. The van der Waals surface area contributed by atoms with Gasteiger partial charge in [0, 0.05) is 32.7 Å². The topological polar surface area (TPSA) is 68.3 Å². The second-order valence-corrected chi connectivity index (χ2v) is 7.20. The Morgan fingerprint density at radius 1 is 1.47 bits per heavy atom. The second-order valence-electron chi connectivity index (χ2n) is 5.22. The van der Waals surface area contributed by atoms with Crippen LogP contribution in [0.3, 0.4) is 0 Å². The van der Waals surface area contributed by atoms with Gasteiger partial charge < -0.3 is 10.1 Å². The second kappa shape index (κ2) is 5.46. The van der Waals surface area contributed by atoms with E-state index < -0.39 is 9.84 Å². The molecule has 1 fully saturated rings. The van der Waals surface area contributed by atoms with E-state index in [1.807, 2.05) is 0 Å². The zero-order chi connectivity index (χ0) is 13.9. The molecule has 1 saturated carbocycles. The Hall–Kier alpha value is -1.14. The summed E-state index contributed by atoms with van der Waals surface area (Å²) in [6.45, 7) is 1.48. The van der Waals surface area contributed by atoms with Crippen LogP contribution in [0.1, 0.15) is 19.3 Å². The molecule has 0 aliphatic heterocycles. The van der Waals surface area contributed by atoms with Gasteiger partial charge in [0.05, 0.1) is 0 Å². The van der Waals surface area contributed by atoms with Crippen LogP contribution in [0, 0.1) is 5.41 Å². The lowest BCUT2D eigenvalue weighted by Gasteiger charge is -2.17. The highest BCUT2D eigenvalue weighted by Crippen LogP contribution is 2.48. The number of aromatic nitrogens is 1. The average molecular weight is 284 g/mol. The lowest BCUT2D eigenvalue weighted by atomic mass is 10.0. The molecule has 6 heteroatoms. The quantitative estimate of drug-likeness (QED) is 0.825. The van der Waals surface area contributed by atoms with Crippen molar-refractivity contribution in [2.45, 2.75) is 24.2 Å². The summed E-state index contributed by atoms with van der Waals surface area (Å²) in [5, 5.41) is 3.19. The van der Waals surface area contributed by atoms with Crippen LogP contribution in [0.25, 0.3) is 0 Å². The minimum atomic E-state index is -3.25. The van der Waals surface area contributed by atoms with Crippen molar-refractivity contribution in [2.75, 3.05) is 31.8 Å². The Bertz CT molecular complexity index is 539. The van der Waals surface area contributed by atoms with Crippen LogP contribution in [0.4, 0.5) is 5.82 Å². The van der Waals surface area contributed by atoms with E-state index in [4.69, 9.17) is 4.74 Å². The number of rotatable bonds is 7. The average Bonchev–Trinajstić information content (AvgIpc) is 3.14. The molecule has 0 amide bonds. The molecule has 0 saturated heterocycles. The van der Waals surface area contributed by atoms with Crippen molar-refractivity contribution in [1.29, 1.82) is 0 Å². The van der Waals surface area contributed by atoms with Crippen molar-refractivity contribution in [3.05, 3.63) is 18.3 Å². The van der Waals surface area contributed by atoms with Gasteiger partial charge in [-0.25, -0.2) is 13.4 Å². The highest BCUT2D eigenvalue weighted by Gasteiger charge is 2.41. The molecule has 5 nitrogen and oxygen atoms in total. The molecule has 19 heavy (non-hydrogen) atoms. The molecule has 1 aromatic heterocycles. The number of pyridine rings is 1. The van der Waals surface area contributed by atoms with Crippen molar-refractivity contribution >= 4 is 15.7 Å². The first kappa shape index (κ1) is 14.3. The van der Waals surface area contributed by atoms with E-state index in [9.17, 15) is 8.42 Å². The Kier molecular flexibility index (Phi) is 4.10. The molecule has 1 heterocycles. The maximum atomic E-state index is 11.7. The minimum absolute atomic E-state index is 0.252. The standard InChI is InChI=1S/C13H20N2O3S/c1-18-9-7-13(5-6-13)10-15-12-11(19(2,16)17)4-3-8-14-12/h3-4,8H,5-7,9-10H2,1-2H3,(H,14,15). The van der Waals surface area contributed by atoms with E-state index in [-0.39, 0.29) is 10.3 Å². The van der Waals surface area contributed by atoms with Crippen molar-refractivity contribution in [1.82, 2.24) is 4.98 Å². The summed E-state index contributed by atoms with van der Waals surface area (Å²) in [5.74, 6) is 0.452. The molecule has 0 unspecified atom stereocenters. The Balaban J connectivity index is 2.04. The van der Waals surface area contributed by atoms with Gasteiger partial charge in [-0.05, 0) is 36.8 Å². The van der Waals surface area contributed by atoms with Gasteiger partial charge >= 0.3 is 0 Å². The highest BCUT2D eigenvalue weighted by atomic mass is 32.2. The van der Waals surface area contributed by atoms with E-state index in [2.05, 4.69) is 10.3 Å². The normalized spacial score (nSPS) is 17.2. The van der Waals surface area contributed by atoms with Crippen molar-refractivity contribution in [2.24, 2.45) is 5.41 Å². The van der Waals surface area contributed by atoms with Crippen LogP contribution >= 0.6 is 0 Å². The first-order valence-electron chi connectivity index (χ1n) is 6.35. The third kappa shape index (κ3) is 3.67. The third-order valence-electron chi connectivity index (χ3n) is 3.59. The lowest BCUT2D eigenvalue weighted by Crippen LogP contribution is -2.19. The molecule has 0 spiro atoms. The van der Waals surface area contributed by atoms with Crippen LogP contribution in [0.2, 0.25) is 0 Å². The molecule has 0 atom stereocenters. The van der Waals surface area contributed by atoms with Gasteiger partial charge in [0.2, 0.25) is 0 Å². The number of hydrogen-bond acceptors (Lipinski definition) is 5. The third-order valence-corrected chi connectivity index (χ3v) is 4.72. The van der Waals surface area contributed by atoms with Crippen molar-refractivity contribution < 1.29 is 13.2 Å². The maximum absolute atomic E-state index is 11.7. The number of nitrogens with zero attached hydrogens (tertiary/aromatic N) is 1. The summed E-state index contributed by atoms with van der Waals surface area (Å²) in [4.78, 5) is 4.40. The predicted molar refractivity (Wildman–Crippen MR) is 74.0 cm³/mol. The molecule has 1 aromatic rings. The molecule has 0 bridgehead atoms. The zero-order valence-electron chi connectivity index (χ0n) is 11.3. The first-order chi connectivity index (χ1) is 8.97. The predicted octanol–water partition coefficient (Wildman–Crippen LogP) is 1.71. The smallest absolute Gasteiger partial charge is 0.179 e. The maximum Gasteiger partial charge on any atom is 0.179 e. The summed E-state index contributed by atoms with van der Waals surface area (Å²) in [7, 11) is -1.55. The Morgan fingerprint density at radius 3 is 2.79 bits per heavy atom. The minimum Gasteiger partial charge on any atom is -0.385 e. The molecule has 1 aliphatic rings. The fourth-order valence-corrected chi connectivity index (χ4v) is 2.91. The van der Waals surface area contributed by atoms with Crippen LogP contribution in [-0.2, 0) is 14.6 Å². The molecule has 106 valence electrons. The molecule has 0 aromatic carbocycles. The monoisotopic (exact) mass is 284 g/mol. The summed E-state index contributed by atoms with van der Waals surface area (Å²) in [5.41, 5.74) is 0.252. The van der Waals surface area contributed by atoms with Gasteiger partial charge in [-0.3, -0.25) is 0 Å². The molecule has 1 aliphatic carbocycles. The van der Waals surface area contributed by atoms with Gasteiger partial charge in [0.25, 0.3) is 0 Å². The molecular weight excluding hydrogens is 264 g/mol. The van der Waals surface area contributed by atoms with Gasteiger partial charge in [-0.15, -0.1) is 0 Å². The number of anilines is 1. The largest absolute Gasteiger partial charge is 0.385 e. The van der Waals surface area contributed by atoms with Gasteiger partial charge in [0.15, 0.2) is 9.84 Å². The molecule has 1 N–H and O–H groups in total. The summed E-state index contributed by atoms with van der Waals surface area (Å²) >= 11 is 0. The number of sulfone groups is 1. The first-order valence-corrected chi connectivity index (χ1v) is 8.24. The lowest BCUT2D eigenvalue weighted by molar-refractivity contribution is 0.175. The van der Waals surface area contributed by atoms with E-state index in [1.54, 1.807) is 25.4 Å². The van der Waals surface area contributed by atoms with Crippen molar-refractivity contribution in [3.63, 3.8) is 0 Å². The van der Waals surface area contributed by atoms with Crippen LogP contribution in [-0.4, -0.2) is 39.9 Å². The highest BCUT2D eigenvalue weighted by molar-refractivity contribution is 7.90. The van der Waals surface area contributed by atoms with E-state index in [1.165, 1.54) is 6.26 Å². The number of nitrogens with one attached hydrogen (secondary N) is 1. The van der Waals surface area contributed by atoms with Gasteiger partial charge in [0.1, 0.15) is 10.7 Å². The Labute approximate surface area is 114 Å². The van der Waals surface area contributed by atoms with E-state index in [0.717, 1.165) is 32.4 Å². The van der Waals surface area contributed by atoms with Crippen LogP contribution < -0.4 is 5.32 Å². The molecule has 0 radical (unpaired) electrons. The summed E-state index contributed by atoms with van der Waals surface area (Å²) in [6.07, 6.45) is 6.12. The zero-order valence-corrected chi connectivity index (χ0v) is 12.2. The van der Waals surface area contributed by atoms with E-state index in [0.29, 0.717) is 5.82 Å². The van der Waals surface area contributed by atoms with E-state index >= 15 is 0 Å². The Morgan fingerprint density at radius 2 is 2.21 bits per heavy atom. The molecular formula is C13H20N2O3S. The fraction of sp³-hybridized carbons (Fsp3) is 0.615. The van der Waals surface area contributed by atoms with Gasteiger partial charge in [-0.1, -0.05) is 0 Å². The van der Waals surface area contributed by atoms with Gasteiger partial charge in [-0.2, -0.15) is 0 Å².